The molecular formula is C16H19N3O2. The predicted molar refractivity (Wildman–Crippen MR) is 79.5 cm³/mol. The minimum Gasteiger partial charge on any atom is -0.444 e. The molecule has 1 amide bonds. The molecule has 2 aromatic rings. The van der Waals surface area contributed by atoms with Crippen LogP contribution >= 0.6 is 0 Å². The van der Waals surface area contributed by atoms with Gasteiger partial charge in [0.15, 0.2) is 0 Å². The van der Waals surface area contributed by atoms with Crippen LogP contribution in [-0.4, -0.2) is 46.9 Å². The average Bonchev–Trinajstić information content (AvgIpc) is 2.97. The summed E-state index contributed by atoms with van der Waals surface area (Å²) in [5, 5.41) is 0. The van der Waals surface area contributed by atoms with Crippen molar-refractivity contribution in [2.24, 2.45) is 0 Å². The van der Waals surface area contributed by atoms with Crippen LogP contribution in [0.25, 0.3) is 11.5 Å². The van der Waals surface area contributed by atoms with Gasteiger partial charge < -0.3 is 9.32 Å². The van der Waals surface area contributed by atoms with Gasteiger partial charge in [-0.2, -0.15) is 0 Å². The summed E-state index contributed by atoms with van der Waals surface area (Å²) in [5.74, 6) is 0.815. The maximum Gasteiger partial charge on any atom is 0.226 e. The number of aromatic nitrogens is 1. The van der Waals surface area contributed by atoms with Crippen molar-refractivity contribution in [3.05, 3.63) is 42.3 Å². The molecule has 1 aliphatic rings. The molecule has 3 rings (SSSR count). The van der Waals surface area contributed by atoms with Gasteiger partial charge in [0, 0.05) is 45.2 Å². The van der Waals surface area contributed by atoms with Crippen molar-refractivity contribution >= 4 is 5.91 Å². The van der Waals surface area contributed by atoms with E-state index in [4.69, 9.17) is 4.42 Å². The number of carbonyl (C=O) groups excluding carboxylic acids is 1. The molecule has 0 saturated carbocycles. The molecule has 0 bridgehead atoms. The van der Waals surface area contributed by atoms with Crippen LogP contribution in [0.1, 0.15) is 12.6 Å². The van der Waals surface area contributed by atoms with Gasteiger partial charge in [0.2, 0.25) is 11.8 Å². The molecule has 0 atom stereocenters. The summed E-state index contributed by atoms with van der Waals surface area (Å²) in [6.07, 6.45) is 1.72. The number of nitrogens with zero attached hydrogens (tertiary/aromatic N) is 3. The normalized spacial score (nSPS) is 16.1. The number of hydrogen-bond donors (Lipinski definition) is 0. The van der Waals surface area contributed by atoms with Gasteiger partial charge >= 0.3 is 0 Å². The third kappa shape index (κ3) is 3.31. The molecule has 5 heteroatoms. The number of amides is 1. The average molecular weight is 285 g/mol. The summed E-state index contributed by atoms with van der Waals surface area (Å²) >= 11 is 0. The van der Waals surface area contributed by atoms with E-state index in [1.165, 1.54) is 0 Å². The number of oxazole rings is 1. The second-order valence-electron chi connectivity index (χ2n) is 5.29. The van der Waals surface area contributed by atoms with Crippen molar-refractivity contribution in [3.63, 3.8) is 0 Å². The Bertz CT molecular complexity index is 601. The van der Waals surface area contributed by atoms with E-state index in [1.54, 1.807) is 13.2 Å². The highest BCUT2D eigenvalue weighted by Gasteiger charge is 2.19. The van der Waals surface area contributed by atoms with E-state index in [0.29, 0.717) is 5.89 Å². The summed E-state index contributed by atoms with van der Waals surface area (Å²) in [5.41, 5.74) is 1.93. The summed E-state index contributed by atoms with van der Waals surface area (Å²) in [7, 11) is 0. The number of hydrogen-bond acceptors (Lipinski definition) is 4. The summed E-state index contributed by atoms with van der Waals surface area (Å²) < 4.78 is 5.55. The lowest BCUT2D eigenvalue weighted by Crippen LogP contribution is -2.47. The fraction of sp³-hybridized carbons (Fsp3) is 0.375. The van der Waals surface area contributed by atoms with Crippen LogP contribution in [0.5, 0.6) is 0 Å². The largest absolute Gasteiger partial charge is 0.444 e. The molecule has 1 fully saturated rings. The second kappa shape index (κ2) is 6.10. The van der Waals surface area contributed by atoms with Crippen molar-refractivity contribution in [2.45, 2.75) is 13.5 Å². The summed E-state index contributed by atoms with van der Waals surface area (Å²) in [6.45, 7) is 5.74. The number of benzene rings is 1. The van der Waals surface area contributed by atoms with Gasteiger partial charge in [-0.05, 0) is 12.1 Å². The van der Waals surface area contributed by atoms with Crippen molar-refractivity contribution < 1.29 is 9.21 Å². The van der Waals surface area contributed by atoms with Crippen LogP contribution in [0, 0.1) is 0 Å². The zero-order chi connectivity index (χ0) is 14.7. The molecule has 1 saturated heterocycles. The van der Waals surface area contributed by atoms with Crippen molar-refractivity contribution in [1.29, 1.82) is 0 Å². The molecule has 1 aromatic carbocycles. The highest BCUT2D eigenvalue weighted by Crippen LogP contribution is 2.19. The smallest absolute Gasteiger partial charge is 0.226 e. The first kappa shape index (κ1) is 13.8. The summed E-state index contributed by atoms with van der Waals surface area (Å²) in [6, 6.07) is 9.89. The van der Waals surface area contributed by atoms with E-state index in [1.807, 2.05) is 35.2 Å². The Morgan fingerprint density at radius 3 is 2.57 bits per heavy atom. The minimum absolute atomic E-state index is 0.155. The first-order chi connectivity index (χ1) is 10.2. The van der Waals surface area contributed by atoms with Gasteiger partial charge in [0.05, 0.1) is 5.69 Å². The summed E-state index contributed by atoms with van der Waals surface area (Å²) in [4.78, 5) is 20.0. The van der Waals surface area contributed by atoms with Gasteiger partial charge in [0.25, 0.3) is 0 Å². The van der Waals surface area contributed by atoms with E-state index in [2.05, 4.69) is 9.88 Å². The Balaban J connectivity index is 1.60. The van der Waals surface area contributed by atoms with Gasteiger partial charge in [-0.15, -0.1) is 0 Å². The maximum atomic E-state index is 11.3. The SMILES string of the molecule is CC(=O)N1CCN(Cc2coc(-c3ccccc3)n2)CC1. The zero-order valence-electron chi connectivity index (χ0n) is 12.2. The molecule has 1 aliphatic heterocycles. The van der Waals surface area contributed by atoms with Crippen molar-refractivity contribution in [2.75, 3.05) is 26.2 Å². The van der Waals surface area contributed by atoms with Crippen molar-refractivity contribution in [1.82, 2.24) is 14.8 Å². The third-order valence-electron chi connectivity index (χ3n) is 3.78. The first-order valence-corrected chi connectivity index (χ1v) is 7.20. The van der Waals surface area contributed by atoms with Gasteiger partial charge in [-0.3, -0.25) is 9.69 Å². The Kier molecular flexibility index (Phi) is 4.01. The van der Waals surface area contributed by atoms with Gasteiger partial charge in [-0.25, -0.2) is 4.98 Å². The fourth-order valence-corrected chi connectivity index (χ4v) is 2.54. The quantitative estimate of drug-likeness (QED) is 0.865. The van der Waals surface area contributed by atoms with E-state index in [-0.39, 0.29) is 5.91 Å². The third-order valence-corrected chi connectivity index (χ3v) is 3.78. The lowest BCUT2D eigenvalue weighted by atomic mass is 10.2. The Hall–Kier alpha value is -2.14. The van der Waals surface area contributed by atoms with Gasteiger partial charge in [-0.1, -0.05) is 18.2 Å². The number of piperazine rings is 1. The van der Waals surface area contributed by atoms with E-state index in [9.17, 15) is 4.79 Å². The lowest BCUT2D eigenvalue weighted by Gasteiger charge is -2.33. The minimum atomic E-state index is 0.155. The fourth-order valence-electron chi connectivity index (χ4n) is 2.54. The van der Waals surface area contributed by atoms with Crippen LogP contribution in [0.3, 0.4) is 0 Å². The first-order valence-electron chi connectivity index (χ1n) is 7.20. The van der Waals surface area contributed by atoms with Gasteiger partial charge in [0.1, 0.15) is 6.26 Å². The molecule has 110 valence electrons. The number of carbonyl (C=O) groups is 1. The van der Waals surface area contributed by atoms with E-state index < -0.39 is 0 Å². The van der Waals surface area contributed by atoms with Crippen LogP contribution in [0.2, 0.25) is 0 Å². The molecule has 21 heavy (non-hydrogen) atoms. The molecule has 0 radical (unpaired) electrons. The molecular weight excluding hydrogens is 266 g/mol. The predicted octanol–water partition coefficient (Wildman–Crippen LogP) is 2.01. The molecule has 5 nitrogen and oxygen atoms in total. The van der Waals surface area contributed by atoms with E-state index >= 15 is 0 Å². The molecule has 0 N–H and O–H groups in total. The Labute approximate surface area is 124 Å². The molecule has 2 heterocycles. The van der Waals surface area contributed by atoms with Crippen molar-refractivity contribution in [3.8, 4) is 11.5 Å². The van der Waals surface area contributed by atoms with Crippen LogP contribution < -0.4 is 0 Å². The maximum absolute atomic E-state index is 11.3. The highest BCUT2D eigenvalue weighted by molar-refractivity contribution is 5.73. The monoisotopic (exact) mass is 285 g/mol. The molecule has 0 spiro atoms. The highest BCUT2D eigenvalue weighted by atomic mass is 16.3. The van der Waals surface area contributed by atoms with Crippen LogP contribution in [-0.2, 0) is 11.3 Å². The molecule has 1 aromatic heterocycles. The molecule has 0 aliphatic carbocycles. The standard InChI is InChI=1S/C16H19N3O2/c1-13(20)19-9-7-18(8-10-19)11-15-12-21-16(17-15)14-5-3-2-4-6-14/h2-6,12H,7-11H2,1H3. The zero-order valence-corrected chi connectivity index (χ0v) is 12.2. The Morgan fingerprint density at radius 1 is 1.19 bits per heavy atom. The topological polar surface area (TPSA) is 49.6 Å². The number of rotatable bonds is 3. The lowest BCUT2D eigenvalue weighted by molar-refractivity contribution is -0.130. The van der Waals surface area contributed by atoms with Crippen LogP contribution in [0.4, 0.5) is 0 Å². The van der Waals surface area contributed by atoms with E-state index in [0.717, 1.165) is 44.0 Å². The van der Waals surface area contributed by atoms with Crippen LogP contribution in [0.15, 0.2) is 41.0 Å². The Morgan fingerprint density at radius 2 is 1.90 bits per heavy atom. The second-order valence-corrected chi connectivity index (χ2v) is 5.29. The molecule has 0 unspecified atom stereocenters.